The van der Waals surface area contributed by atoms with Crippen LogP contribution in [0.5, 0.6) is 5.75 Å². The van der Waals surface area contributed by atoms with Gasteiger partial charge < -0.3 is 14.4 Å². The van der Waals surface area contributed by atoms with Gasteiger partial charge in [0.2, 0.25) is 0 Å². The molecule has 0 spiro atoms. The van der Waals surface area contributed by atoms with Crippen LogP contribution in [0.2, 0.25) is 0 Å². The first-order valence-electron chi connectivity index (χ1n) is 10.9. The number of aromatic amines is 1. The van der Waals surface area contributed by atoms with Crippen LogP contribution in [0.15, 0.2) is 48.7 Å². The summed E-state index contributed by atoms with van der Waals surface area (Å²) in [5.41, 5.74) is 3.25. The Morgan fingerprint density at radius 3 is 2.81 bits per heavy atom. The van der Waals surface area contributed by atoms with E-state index in [2.05, 4.69) is 44.3 Å². The maximum atomic E-state index is 6.24. The van der Waals surface area contributed by atoms with E-state index < -0.39 is 0 Å². The number of aromatic nitrogens is 5. The van der Waals surface area contributed by atoms with Crippen LogP contribution in [0.25, 0.3) is 22.3 Å². The fourth-order valence-electron chi connectivity index (χ4n) is 4.38. The molecule has 0 saturated carbocycles. The third kappa shape index (κ3) is 3.99. The molecule has 2 aromatic carbocycles. The minimum absolute atomic E-state index is 0.143. The highest BCUT2D eigenvalue weighted by Crippen LogP contribution is 2.39. The van der Waals surface area contributed by atoms with E-state index in [1.54, 1.807) is 7.11 Å². The summed E-state index contributed by atoms with van der Waals surface area (Å²) in [6, 6.07) is 14.5. The summed E-state index contributed by atoms with van der Waals surface area (Å²) in [5.74, 6) is 2.64. The van der Waals surface area contributed by atoms with E-state index in [1.165, 1.54) is 5.56 Å². The third-order valence-corrected chi connectivity index (χ3v) is 5.93. The van der Waals surface area contributed by atoms with Crippen LogP contribution in [0.1, 0.15) is 36.4 Å². The van der Waals surface area contributed by atoms with E-state index in [0.717, 1.165) is 54.0 Å². The van der Waals surface area contributed by atoms with Crippen molar-refractivity contribution >= 4 is 10.9 Å². The maximum Gasteiger partial charge on any atom is 0.181 e. The van der Waals surface area contributed by atoms with E-state index in [9.17, 15) is 0 Å². The summed E-state index contributed by atoms with van der Waals surface area (Å²) < 4.78 is 13.6. The Hall–Kier alpha value is -3.23. The highest BCUT2D eigenvalue weighted by molar-refractivity contribution is 5.83. The Morgan fingerprint density at radius 2 is 2.03 bits per heavy atom. The molecule has 1 saturated heterocycles. The molecule has 0 aliphatic carbocycles. The number of fused-ring (bicyclic) bond motifs is 1. The number of rotatable bonds is 6. The van der Waals surface area contributed by atoms with Crippen LogP contribution in [0.3, 0.4) is 0 Å². The molecule has 1 aliphatic heterocycles. The minimum Gasteiger partial charge on any atom is -0.497 e. The van der Waals surface area contributed by atoms with Crippen molar-refractivity contribution in [2.75, 3.05) is 27.8 Å². The van der Waals surface area contributed by atoms with Gasteiger partial charge in [-0.25, -0.2) is 9.67 Å². The van der Waals surface area contributed by atoms with Crippen molar-refractivity contribution in [3.05, 3.63) is 60.0 Å². The molecule has 2 atom stereocenters. The molecule has 5 rings (SSSR count). The monoisotopic (exact) mass is 432 g/mol. The highest BCUT2D eigenvalue weighted by Gasteiger charge is 2.30. The van der Waals surface area contributed by atoms with Gasteiger partial charge in [0, 0.05) is 23.5 Å². The number of methoxy groups -OCH3 is 1. The fourth-order valence-corrected chi connectivity index (χ4v) is 4.38. The van der Waals surface area contributed by atoms with E-state index in [1.807, 2.05) is 43.2 Å². The standard InChI is InChI=1S/C24H28N6O2/c1-29(2)15-22-26-23(28-27-22)17-8-11-21-18(13-17)14-25-30(21)24-20(5-4-12-32-24)16-6-9-19(31-3)10-7-16/h6-11,13-14,20,24H,4-5,12,15H2,1-3H3,(H,26,27,28). The van der Waals surface area contributed by atoms with Gasteiger partial charge in [-0.1, -0.05) is 12.1 Å². The molecule has 4 aromatic rings. The number of nitrogens with zero attached hydrogens (tertiary/aromatic N) is 5. The zero-order valence-electron chi connectivity index (χ0n) is 18.7. The van der Waals surface area contributed by atoms with Crippen LogP contribution < -0.4 is 4.74 Å². The average molecular weight is 433 g/mol. The molecule has 8 heteroatoms. The molecule has 32 heavy (non-hydrogen) atoms. The van der Waals surface area contributed by atoms with E-state index in [4.69, 9.17) is 14.6 Å². The predicted molar refractivity (Wildman–Crippen MR) is 122 cm³/mol. The molecule has 1 fully saturated rings. The summed E-state index contributed by atoms with van der Waals surface area (Å²) in [6.45, 7) is 1.46. The molecular formula is C24H28N6O2. The number of ether oxygens (including phenoxy) is 2. The van der Waals surface area contributed by atoms with Crippen molar-refractivity contribution in [1.82, 2.24) is 29.9 Å². The van der Waals surface area contributed by atoms with E-state index in [0.29, 0.717) is 5.82 Å². The van der Waals surface area contributed by atoms with Gasteiger partial charge in [0.25, 0.3) is 0 Å². The first kappa shape index (κ1) is 20.7. The lowest BCUT2D eigenvalue weighted by atomic mass is 9.90. The molecule has 0 bridgehead atoms. The van der Waals surface area contributed by atoms with Gasteiger partial charge in [0.05, 0.1) is 25.4 Å². The van der Waals surface area contributed by atoms with Crippen LogP contribution >= 0.6 is 0 Å². The number of benzene rings is 2. The minimum atomic E-state index is -0.143. The van der Waals surface area contributed by atoms with Gasteiger partial charge in [-0.05, 0) is 62.8 Å². The number of hydrogen-bond acceptors (Lipinski definition) is 6. The van der Waals surface area contributed by atoms with Crippen molar-refractivity contribution in [2.45, 2.75) is 31.5 Å². The summed E-state index contributed by atoms with van der Waals surface area (Å²) in [4.78, 5) is 6.68. The number of hydrogen-bond donors (Lipinski definition) is 1. The van der Waals surface area contributed by atoms with E-state index in [-0.39, 0.29) is 12.1 Å². The zero-order valence-corrected chi connectivity index (χ0v) is 18.7. The quantitative estimate of drug-likeness (QED) is 0.496. The Bertz CT molecular complexity index is 1200. The largest absolute Gasteiger partial charge is 0.497 e. The van der Waals surface area contributed by atoms with Crippen molar-refractivity contribution in [2.24, 2.45) is 0 Å². The van der Waals surface area contributed by atoms with Crippen molar-refractivity contribution < 1.29 is 9.47 Å². The molecular weight excluding hydrogens is 404 g/mol. The molecule has 0 amide bonds. The number of nitrogens with one attached hydrogen (secondary N) is 1. The van der Waals surface area contributed by atoms with Crippen LogP contribution in [0, 0.1) is 0 Å². The Kier molecular flexibility index (Phi) is 5.63. The molecule has 2 aromatic heterocycles. The smallest absolute Gasteiger partial charge is 0.181 e. The summed E-state index contributed by atoms with van der Waals surface area (Å²) in [7, 11) is 5.71. The molecule has 166 valence electrons. The lowest BCUT2D eigenvalue weighted by Crippen LogP contribution is -2.26. The fraction of sp³-hybridized carbons (Fsp3) is 0.375. The molecule has 2 unspecified atom stereocenters. The van der Waals surface area contributed by atoms with Gasteiger partial charge in [-0.15, -0.1) is 0 Å². The Morgan fingerprint density at radius 1 is 1.19 bits per heavy atom. The second-order valence-corrected chi connectivity index (χ2v) is 8.49. The Balaban J connectivity index is 1.45. The van der Waals surface area contributed by atoms with E-state index >= 15 is 0 Å². The average Bonchev–Trinajstić information content (AvgIpc) is 3.45. The summed E-state index contributed by atoms with van der Waals surface area (Å²) in [5, 5.41) is 13.2. The molecule has 1 aliphatic rings. The second-order valence-electron chi connectivity index (χ2n) is 8.49. The van der Waals surface area contributed by atoms with Gasteiger partial charge in [0.1, 0.15) is 11.6 Å². The van der Waals surface area contributed by atoms with Crippen molar-refractivity contribution in [3.63, 3.8) is 0 Å². The molecule has 0 radical (unpaired) electrons. The van der Waals surface area contributed by atoms with Gasteiger partial charge in [-0.2, -0.15) is 10.2 Å². The molecule has 3 heterocycles. The SMILES string of the molecule is COc1ccc(C2CCCOC2n2ncc3cc(-c4n[nH]c(CN(C)C)n4)ccc32)cc1. The molecule has 8 nitrogen and oxygen atoms in total. The van der Waals surface area contributed by atoms with Crippen LogP contribution in [-0.4, -0.2) is 57.7 Å². The number of H-pyrrole nitrogens is 1. The third-order valence-electron chi connectivity index (χ3n) is 5.93. The normalized spacial score (nSPS) is 19.0. The zero-order chi connectivity index (χ0) is 22.1. The van der Waals surface area contributed by atoms with Crippen molar-refractivity contribution in [3.8, 4) is 17.1 Å². The summed E-state index contributed by atoms with van der Waals surface area (Å²) in [6.07, 6.45) is 3.85. The second kappa shape index (κ2) is 8.72. The topological polar surface area (TPSA) is 81.1 Å². The lowest BCUT2D eigenvalue weighted by Gasteiger charge is -2.32. The van der Waals surface area contributed by atoms with Gasteiger partial charge in [-0.3, -0.25) is 5.10 Å². The first-order valence-corrected chi connectivity index (χ1v) is 10.9. The molecule has 1 N–H and O–H groups in total. The van der Waals surface area contributed by atoms with Crippen LogP contribution in [0.4, 0.5) is 0 Å². The summed E-state index contributed by atoms with van der Waals surface area (Å²) >= 11 is 0. The van der Waals surface area contributed by atoms with Crippen LogP contribution in [-0.2, 0) is 11.3 Å². The van der Waals surface area contributed by atoms with Crippen molar-refractivity contribution in [1.29, 1.82) is 0 Å². The van der Waals surface area contributed by atoms with Gasteiger partial charge in [0.15, 0.2) is 12.1 Å². The first-order chi connectivity index (χ1) is 15.6. The predicted octanol–water partition coefficient (Wildman–Crippen LogP) is 3.98. The highest BCUT2D eigenvalue weighted by atomic mass is 16.5. The Labute approximate surface area is 187 Å². The maximum absolute atomic E-state index is 6.24. The lowest BCUT2D eigenvalue weighted by molar-refractivity contribution is -0.0532. The van der Waals surface area contributed by atoms with Gasteiger partial charge >= 0.3 is 0 Å².